The molecule has 0 aliphatic heterocycles. The molecule has 1 heterocycles. The lowest BCUT2D eigenvalue weighted by Gasteiger charge is -2.09. The summed E-state index contributed by atoms with van der Waals surface area (Å²) in [7, 11) is 0. The van der Waals surface area contributed by atoms with Crippen LogP contribution in [0.15, 0.2) is 42.7 Å². The van der Waals surface area contributed by atoms with Crippen LogP contribution in [-0.2, 0) is 6.42 Å². The molecule has 0 fully saturated rings. The zero-order valence-electron chi connectivity index (χ0n) is 11.5. The van der Waals surface area contributed by atoms with Crippen molar-refractivity contribution in [3.63, 3.8) is 0 Å². The minimum Gasteiger partial charge on any atom is -0.369 e. The van der Waals surface area contributed by atoms with Crippen LogP contribution in [0.5, 0.6) is 0 Å². The largest absolute Gasteiger partial charge is 0.369 e. The number of anilines is 1. The van der Waals surface area contributed by atoms with Crippen LogP contribution in [0.3, 0.4) is 0 Å². The van der Waals surface area contributed by atoms with Crippen LogP contribution in [0.2, 0.25) is 0 Å². The number of aromatic nitrogens is 2. The van der Waals surface area contributed by atoms with Crippen molar-refractivity contribution in [2.45, 2.75) is 6.42 Å². The lowest BCUT2D eigenvalue weighted by atomic mass is 10.1. The quantitative estimate of drug-likeness (QED) is 0.798. The summed E-state index contributed by atoms with van der Waals surface area (Å²) >= 11 is 0. The maximum atomic E-state index is 13.5. The van der Waals surface area contributed by atoms with Crippen molar-refractivity contribution < 1.29 is 13.2 Å². The Morgan fingerprint density at radius 2 is 1.73 bits per heavy atom. The normalized spacial score (nSPS) is 10.9. The van der Waals surface area contributed by atoms with E-state index >= 15 is 0 Å². The summed E-state index contributed by atoms with van der Waals surface area (Å²) in [4.78, 5) is 8.09. The van der Waals surface area contributed by atoms with Crippen molar-refractivity contribution in [3.05, 3.63) is 65.7 Å². The number of benzene rings is 2. The van der Waals surface area contributed by atoms with E-state index in [1.165, 1.54) is 36.7 Å². The average molecular weight is 303 g/mol. The Morgan fingerprint density at radius 1 is 0.955 bits per heavy atom. The summed E-state index contributed by atoms with van der Waals surface area (Å²) in [5.74, 6) is -1.13. The Bertz CT molecular complexity index is 801. The van der Waals surface area contributed by atoms with Gasteiger partial charge in [-0.1, -0.05) is 6.07 Å². The molecular formula is C16H12F3N3. The Hall–Kier alpha value is -2.63. The summed E-state index contributed by atoms with van der Waals surface area (Å²) in [6.07, 6.45) is 1.51. The molecule has 0 aliphatic carbocycles. The fourth-order valence-corrected chi connectivity index (χ4v) is 2.25. The van der Waals surface area contributed by atoms with E-state index in [0.717, 1.165) is 0 Å². The molecule has 2 aromatic carbocycles. The summed E-state index contributed by atoms with van der Waals surface area (Å²) in [6.45, 7) is 0.264. The highest BCUT2D eigenvalue weighted by Crippen LogP contribution is 2.20. The van der Waals surface area contributed by atoms with E-state index in [9.17, 15) is 13.2 Å². The molecule has 112 valence electrons. The molecule has 6 heteroatoms. The Kier molecular flexibility index (Phi) is 3.91. The summed E-state index contributed by atoms with van der Waals surface area (Å²) in [5.41, 5.74) is 0.607. The molecule has 0 unspecified atom stereocenters. The minimum atomic E-state index is -0.583. The van der Waals surface area contributed by atoms with Gasteiger partial charge in [0.05, 0.1) is 5.52 Å². The van der Waals surface area contributed by atoms with Crippen molar-refractivity contribution >= 4 is 16.7 Å². The van der Waals surface area contributed by atoms with Gasteiger partial charge in [-0.15, -0.1) is 0 Å². The third kappa shape index (κ3) is 2.86. The lowest BCUT2D eigenvalue weighted by Crippen LogP contribution is -2.09. The average Bonchev–Trinajstić information content (AvgIpc) is 2.50. The maximum absolute atomic E-state index is 13.5. The molecule has 1 aromatic heterocycles. The van der Waals surface area contributed by atoms with Crippen molar-refractivity contribution in [2.24, 2.45) is 0 Å². The molecule has 22 heavy (non-hydrogen) atoms. The zero-order chi connectivity index (χ0) is 15.5. The fraction of sp³-hybridized carbons (Fsp3) is 0.125. The molecule has 0 atom stereocenters. The van der Waals surface area contributed by atoms with Crippen molar-refractivity contribution in [3.8, 4) is 0 Å². The Morgan fingerprint density at radius 3 is 2.50 bits per heavy atom. The van der Waals surface area contributed by atoms with E-state index in [1.54, 1.807) is 6.07 Å². The Balaban J connectivity index is 1.78. The topological polar surface area (TPSA) is 37.8 Å². The van der Waals surface area contributed by atoms with Crippen LogP contribution in [0.4, 0.5) is 19.0 Å². The second-order valence-electron chi connectivity index (χ2n) is 4.76. The van der Waals surface area contributed by atoms with Crippen LogP contribution in [0, 0.1) is 17.5 Å². The minimum absolute atomic E-state index is 0.0135. The van der Waals surface area contributed by atoms with Gasteiger partial charge in [-0.2, -0.15) is 0 Å². The first-order valence-electron chi connectivity index (χ1n) is 6.72. The van der Waals surface area contributed by atoms with Gasteiger partial charge in [-0.3, -0.25) is 0 Å². The molecule has 0 amide bonds. The van der Waals surface area contributed by atoms with Gasteiger partial charge in [0.1, 0.15) is 29.6 Å². The van der Waals surface area contributed by atoms with Crippen LogP contribution in [0.25, 0.3) is 10.9 Å². The fourth-order valence-electron chi connectivity index (χ4n) is 2.25. The molecule has 0 aliphatic rings. The van der Waals surface area contributed by atoms with Crippen LogP contribution < -0.4 is 5.32 Å². The predicted octanol–water partition coefficient (Wildman–Crippen LogP) is 3.70. The van der Waals surface area contributed by atoms with E-state index in [-0.39, 0.29) is 18.5 Å². The molecule has 0 saturated heterocycles. The number of rotatable bonds is 4. The standard InChI is InChI=1S/C16H12F3N3/c17-10-4-5-15-12(8-10)16(22-9-21-15)20-7-6-11-13(18)2-1-3-14(11)19/h1-5,8-9H,6-7H2,(H,20,21,22). The number of halogens is 3. The molecule has 3 aromatic rings. The van der Waals surface area contributed by atoms with Crippen LogP contribution >= 0.6 is 0 Å². The Labute approximate surface area is 124 Å². The van der Waals surface area contributed by atoms with Gasteiger partial charge < -0.3 is 5.32 Å². The second kappa shape index (κ2) is 6.01. The number of nitrogens with zero attached hydrogens (tertiary/aromatic N) is 2. The van der Waals surface area contributed by atoms with Gasteiger partial charge in [0.2, 0.25) is 0 Å². The molecule has 3 nitrogen and oxygen atoms in total. The lowest BCUT2D eigenvalue weighted by molar-refractivity contribution is 0.557. The highest BCUT2D eigenvalue weighted by atomic mass is 19.1. The van der Waals surface area contributed by atoms with E-state index in [0.29, 0.717) is 16.7 Å². The van der Waals surface area contributed by atoms with Gasteiger partial charge in [0, 0.05) is 17.5 Å². The monoisotopic (exact) mass is 303 g/mol. The smallest absolute Gasteiger partial charge is 0.137 e. The predicted molar refractivity (Wildman–Crippen MR) is 78.0 cm³/mol. The summed E-state index contributed by atoms with van der Waals surface area (Å²) < 4.78 is 40.4. The first-order valence-corrected chi connectivity index (χ1v) is 6.72. The third-order valence-electron chi connectivity index (χ3n) is 3.33. The van der Waals surface area contributed by atoms with E-state index in [4.69, 9.17) is 0 Å². The molecule has 1 N–H and O–H groups in total. The van der Waals surface area contributed by atoms with Crippen molar-refractivity contribution in [1.29, 1.82) is 0 Å². The van der Waals surface area contributed by atoms with Gasteiger partial charge in [0.25, 0.3) is 0 Å². The number of nitrogens with one attached hydrogen (secondary N) is 1. The SMILES string of the molecule is Fc1ccc2ncnc(NCCc3c(F)cccc3F)c2c1. The third-order valence-corrected chi connectivity index (χ3v) is 3.33. The van der Waals surface area contributed by atoms with Crippen molar-refractivity contribution in [1.82, 2.24) is 9.97 Å². The van der Waals surface area contributed by atoms with Crippen molar-refractivity contribution in [2.75, 3.05) is 11.9 Å². The number of fused-ring (bicyclic) bond motifs is 1. The highest BCUT2D eigenvalue weighted by molar-refractivity contribution is 5.88. The molecule has 0 spiro atoms. The van der Waals surface area contributed by atoms with Gasteiger partial charge in [-0.05, 0) is 36.8 Å². The molecular weight excluding hydrogens is 291 g/mol. The first kappa shape index (κ1) is 14.3. The van der Waals surface area contributed by atoms with Crippen LogP contribution in [-0.4, -0.2) is 16.5 Å². The van der Waals surface area contributed by atoms with Gasteiger partial charge in [-0.25, -0.2) is 23.1 Å². The van der Waals surface area contributed by atoms with Gasteiger partial charge in [0.15, 0.2) is 0 Å². The summed E-state index contributed by atoms with van der Waals surface area (Å²) in [6, 6.07) is 7.94. The van der Waals surface area contributed by atoms with Gasteiger partial charge >= 0.3 is 0 Å². The molecule has 3 rings (SSSR count). The molecule has 0 bridgehead atoms. The molecule has 0 radical (unpaired) electrons. The maximum Gasteiger partial charge on any atom is 0.137 e. The second-order valence-corrected chi connectivity index (χ2v) is 4.76. The highest BCUT2D eigenvalue weighted by Gasteiger charge is 2.09. The van der Waals surface area contributed by atoms with E-state index in [1.807, 2.05) is 0 Å². The van der Waals surface area contributed by atoms with E-state index in [2.05, 4.69) is 15.3 Å². The first-order chi connectivity index (χ1) is 10.6. The zero-order valence-corrected chi connectivity index (χ0v) is 11.5. The number of hydrogen-bond donors (Lipinski definition) is 1. The summed E-state index contributed by atoms with van der Waals surface area (Å²) in [5, 5.41) is 3.49. The van der Waals surface area contributed by atoms with E-state index < -0.39 is 17.5 Å². The van der Waals surface area contributed by atoms with Crippen LogP contribution in [0.1, 0.15) is 5.56 Å². The molecule has 0 saturated carbocycles. The number of hydrogen-bond acceptors (Lipinski definition) is 3.